The molecule has 1 atom stereocenters. The molecule has 0 spiro atoms. The topological polar surface area (TPSA) is 38.7 Å². The number of aliphatic hydroxyl groups is 1. The Kier molecular flexibility index (Phi) is 2.19. The van der Waals surface area contributed by atoms with Gasteiger partial charge in [0, 0.05) is 12.0 Å². The van der Waals surface area contributed by atoms with Crippen molar-refractivity contribution < 1.29 is 17.3 Å². The number of ether oxygens (including phenoxy) is 2. The van der Waals surface area contributed by atoms with Gasteiger partial charge in [0.1, 0.15) is 0 Å². The van der Waals surface area contributed by atoms with E-state index in [1.807, 2.05) is 0 Å². The summed E-state index contributed by atoms with van der Waals surface area (Å²) in [5.74, 6) is 0. The molecule has 0 aromatic carbocycles. The van der Waals surface area contributed by atoms with Gasteiger partial charge in [0.05, 0.1) is 15.9 Å². The van der Waals surface area contributed by atoms with E-state index in [2.05, 4.69) is 0 Å². The first-order valence-corrected chi connectivity index (χ1v) is 4.99. The molecule has 0 bridgehead atoms. The van der Waals surface area contributed by atoms with Crippen molar-refractivity contribution in [3.8, 4) is 0 Å². The Morgan fingerprint density at radius 2 is 2.38 bits per heavy atom. The lowest BCUT2D eigenvalue weighted by atomic mass is 10.1. The standard InChI is InChI=1S/C10H18O3/c11-7-10(4-5-10)8-13-9-3-1-2-6-12-9/h9,11H,1-8H2/i7D2. The first-order valence-electron chi connectivity index (χ1n) is 5.99. The molecular formula is C10H18O3. The predicted octanol–water partition coefficient (Wildman–Crippen LogP) is 1.30. The molecule has 0 aromatic heterocycles. The molecule has 0 aromatic rings. The van der Waals surface area contributed by atoms with Crippen molar-refractivity contribution in [2.75, 3.05) is 19.8 Å². The van der Waals surface area contributed by atoms with Crippen molar-refractivity contribution in [1.82, 2.24) is 0 Å². The Balaban J connectivity index is 1.77. The summed E-state index contributed by atoms with van der Waals surface area (Å²) < 4.78 is 25.5. The van der Waals surface area contributed by atoms with E-state index in [1.54, 1.807) is 0 Å². The molecule has 2 fully saturated rings. The van der Waals surface area contributed by atoms with E-state index in [-0.39, 0.29) is 12.9 Å². The second-order valence-electron chi connectivity index (χ2n) is 4.00. The van der Waals surface area contributed by atoms with E-state index in [0.29, 0.717) is 12.8 Å². The van der Waals surface area contributed by atoms with Gasteiger partial charge in [-0.15, -0.1) is 0 Å². The monoisotopic (exact) mass is 188 g/mol. The highest BCUT2D eigenvalue weighted by Gasteiger charge is 2.42. The molecule has 1 heterocycles. The van der Waals surface area contributed by atoms with Gasteiger partial charge in [0.25, 0.3) is 0 Å². The molecule has 0 amide bonds. The van der Waals surface area contributed by atoms with Gasteiger partial charge in [-0.05, 0) is 32.1 Å². The molecule has 1 N–H and O–H groups in total. The van der Waals surface area contributed by atoms with Crippen LogP contribution in [0.15, 0.2) is 0 Å². The minimum Gasteiger partial charge on any atom is -0.396 e. The Morgan fingerprint density at radius 1 is 1.54 bits per heavy atom. The maximum absolute atomic E-state index is 9.35. The van der Waals surface area contributed by atoms with Crippen molar-refractivity contribution in [2.24, 2.45) is 5.41 Å². The van der Waals surface area contributed by atoms with E-state index < -0.39 is 12.0 Å². The van der Waals surface area contributed by atoms with Crippen LogP contribution < -0.4 is 0 Å². The van der Waals surface area contributed by atoms with Gasteiger partial charge in [-0.25, -0.2) is 0 Å². The van der Waals surface area contributed by atoms with E-state index in [4.69, 9.17) is 12.2 Å². The van der Waals surface area contributed by atoms with Crippen LogP contribution in [-0.4, -0.2) is 31.2 Å². The predicted molar refractivity (Wildman–Crippen MR) is 48.3 cm³/mol. The number of rotatable bonds is 4. The summed E-state index contributed by atoms with van der Waals surface area (Å²) in [6.07, 6.45) is 4.26. The van der Waals surface area contributed by atoms with Crippen molar-refractivity contribution in [3.63, 3.8) is 0 Å². The van der Waals surface area contributed by atoms with E-state index in [1.165, 1.54) is 0 Å². The van der Waals surface area contributed by atoms with Crippen molar-refractivity contribution >= 4 is 0 Å². The molecular weight excluding hydrogens is 168 g/mol. The second-order valence-corrected chi connectivity index (χ2v) is 4.00. The number of hydrogen-bond donors (Lipinski definition) is 1. The minimum absolute atomic E-state index is 0.196. The van der Waals surface area contributed by atoms with Crippen LogP contribution in [0.25, 0.3) is 0 Å². The minimum atomic E-state index is -2.12. The summed E-state index contributed by atoms with van der Waals surface area (Å²) in [4.78, 5) is 0. The van der Waals surface area contributed by atoms with Gasteiger partial charge in [-0.1, -0.05) is 0 Å². The van der Waals surface area contributed by atoms with E-state index >= 15 is 0 Å². The molecule has 3 nitrogen and oxygen atoms in total. The fourth-order valence-corrected chi connectivity index (χ4v) is 1.53. The molecule has 0 radical (unpaired) electrons. The maximum atomic E-state index is 9.35. The quantitative estimate of drug-likeness (QED) is 0.722. The maximum Gasteiger partial charge on any atom is 0.157 e. The van der Waals surface area contributed by atoms with Gasteiger partial charge in [-0.2, -0.15) is 0 Å². The molecule has 2 aliphatic rings. The summed E-state index contributed by atoms with van der Waals surface area (Å²) in [6.45, 7) is -1.13. The Labute approximate surface area is 81.8 Å². The second kappa shape index (κ2) is 3.95. The summed E-state index contributed by atoms with van der Waals surface area (Å²) in [6, 6.07) is 0. The zero-order valence-corrected chi connectivity index (χ0v) is 7.79. The third-order valence-electron chi connectivity index (χ3n) is 2.77. The Morgan fingerprint density at radius 3 is 2.92 bits per heavy atom. The average Bonchev–Trinajstić information content (AvgIpc) is 2.96. The molecule has 2 rings (SSSR count). The largest absolute Gasteiger partial charge is 0.396 e. The zero-order valence-electron chi connectivity index (χ0n) is 9.79. The van der Waals surface area contributed by atoms with E-state index in [0.717, 1.165) is 25.9 Å². The van der Waals surface area contributed by atoms with Crippen LogP contribution in [0.4, 0.5) is 0 Å². The van der Waals surface area contributed by atoms with Gasteiger partial charge in [0.15, 0.2) is 6.29 Å². The summed E-state index contributed by atoms with van der Waals surface area (Å²) >= 11 is 0. The fraction of sp³-hybridized carbons (Fsp3) is 1.00. The molecule has 1 unspecified atom stereocenters. The van der Waals surface area contributed by atoms with Crippen molar-refractivity contribution in [3.05, 3.63) is 0 Å². The van der Waals surface area contributed by atoms with Crippen LogP contribution in [0.1, 0.15) is 34.8 Å². The molecule has 76 valence electrons. The van der Waals surface area contributed by atoms with Crippen LogP contribution in [-0.2, 0) is 9.47 Å². The van der Waals surface area contributed by atoms with Gasteiger partial charge in [0.2, 0.25) is 0 Å². The fourth-order valence-electron chi connectivity index (χ4n) is 1.53. The highest BCUT2D eigenvalue weighted by molar-refractivity contribution is 4.92. The van der Waals surface area contributed by atoms with Crippen molar-refractivity contribution in [2.45, 2.75) is 38.4 Å². The molecule has 1 saturated heterocycles. The SMILES string of the molecule is [2H]C([2H])(O)C1(COC2CCCCO2)CC1. The lowest BCUT2D eigenvalue weighted by Gasteiger charge is -2.24. The molecule has 1 saturated carbocycles. The van der Waals surface area contributed by atoms with Gasteiger partial charge >= 0.3 is 0 Å². The zero-order chi connectivity index (χ0) is 10.9. The lowest BCUT2D eigenvalue weighted by molar-refractivity contribution is -0.173. The van der Waals surface area contributed by atoms with Crippen LogP contribution in [0, 0.1) is 5.41 Å². The van der Waals surface area contributed by atoms with Crippen LogP contribution in [0.5, 0.6) is 0 Å². The first-order chi connectivity index (χ1) is 7.04. The normalized spacial score (nSPS) is 35.0. The van der Waals surface area contributed by atoms with Crippen molar-refractivity contribution in [1.29, 1.82) is 0 Å². The summed E-state index contributed by atoms with van der Waals surface area (Å²) in [7, 11) is 0. The van der Waals surface area contributed by atoms with Gasteiger partial charge < -0.3 is 14.6 Å². The van der Waals surface area contributed by atoms with Gasteiger partial charge in [-0.3, -0.25) is 0 Å². The molecule has 3 heteroatoms. The Hall–Kier alpha value is -0.120. The third kappa shape index (κ3) is 2.42. The highest BCUT2D eigenvalue weighted by Crippen LogP contribution is 2.45. The summed E-state index contributed by atoms with van der Waals surface area (Å²) in [5.41, 5.74) is -0.673. The molecule has 13 heavy (non-hydrogen) atoms. The highest BCUT2D eigenvalue weighted by atomic mass is 16.7. The number of hydrogen-bond acceptors (Lipinski definition) is 3. The third-order valence-corrected chi connectivity index (χ3v) is 2.77. The van der Waals surface area contributed by atoms with Crippen LogP contribution in [0.3, 0.4) is 0 Å². The van der Waals surface area contributed by atoms with Crippen LogP contribution in [0.2, 0.25) is 0 Å². The lowest BCUT2D eigenvalue weighted by Crippen LogP contribution is -2.26. The van der Waals surface area contributed by atoms with E-state index in [9.17, 15) is 5.11 Å². The molecule has 1 aliphatic heterocycles. The summed E-state index contributed by atoms with van der Waals surface area (Å²) in [5, 5.41) is 9.35. The Bertz CT molecular complexity index is 217. The van der Waals surface area contributed by atoms with Crippen LogP contribution >= 0.6 is 0 Å². The first kappa shape index (κ1) is 7.21. The smallest absolute Gasteiger partial charge is 0.157 e. The average molecular weight is 188 g/mol. The molecule has 1 aliphatic carbocycles.